The van der Waals surface area contributed by atoms with E-state index in [-0.39, 0.29) is 34.8 Å². The fraction of sp³-hybridized carbons (Fsp3) is 0.333. The van der Waals surface area contributed by atoms with Gasteiger partial charge in [0.15, 0.2) is 0 Å². The Bertz CT molecular complexity index is 995. The maximum atomic E-state index is 13.9. The molecule has 1 heterocycles. The number of carbonyl (C=O) groups excluding carboxylic acids is 2. The molecule has 31 heavy (non-hydrogen) atoms. The summed E-state index contributed by atoms with van der Waals surface area (Å²) in [7, 11) is 0. The SMILES string of the molecule is O=C1NC2CC(C(=O)NCCc3ccc(Cl)cc3)CCC2S/C1=C/c1ccccc1F. The van der Waals surface area contributed by atoms with E-state index in [0.29, 0.717) is 28.5 Å². The summed E-state index contributed by atoms with van der Waals surface area (Å²) >= 11 is 7.40. The summed E-state index contributed by atoms with van der Waals surface area (Å²) in [6.45, 7) is 0.571. The van der Waals surface area contributed by atoms with Crippen LogP contribution in [0.3, 0.4) is 0 Å². The third kappa shape index (κ3) is 5.49. The second-order valence-corrected chi connectivity index (χ2v) is 9.66. The molecule has 7 heteroatoms. The Balaban J connectivity index is 1.30. The van der Waals surface area contributed by atoms with Crippen LogP contribution in [0.4, 0.5) is 4.39 Å². The predicted octanol–water partition coefficient (Wildman–Crippen LogP) is 4.58. The van der Waals surface area contributed by atoms with Crippen molar-refractivity contribution in [2.24, 2.45) is 5.92 Å². The molecule has 162 valence electrons. The van der Waals surface area contributed by atoms with E-state index < -0.39 is 0 Å². The number of hydrogen-bond acceptors (Lipinski definition) is 3. The van der Waals surface area contributed by atoms with Crippen molar-refractivity contribution in [3.05, 3.63) is 75.4 Å². The van der Waals surface area contributed by atoms with Gasteiger partial charge in [-0.3, -0.25) is 9.59 Å². The Labute approximate surface area is 190 Å². The number of rotatable bonds is 5. The van der Waals surface area contributed by atoms with Crippen molar-refractivity contribution in [3.63, 3.8) is 0 Å². The van der Waals surface area contributed by atoms with E-state index in [1.165, 1.54) is 17.8 Å². The van der Waals surface area contributed by atoms with E-state index in [1.807, 2.05) is 24.3 Å². The fourth-order valence-electron chi connectivity index (χ4n) is 4.09. The molecule has 2 N–H and O–H groups in total. The van der Waals surface area contributed by atoms with Gasteiger partial charge in [0.2, 0.25) is 5.91 Å². The highest BCUT2D eigenvalue weighted by Gasteiger charge is 2.39. The normalized spacial score (nSPS) is 24.4. The Kier molecular flexibility index (Phi) is 6.98. The molecule has 4 rings (SSSR count). The smallest absolute Gasteiger partial charge is 0.257 e. The largest absolute Gasteiger partial charge is 0.356 e. The summed E-state index contributed by atoms with van der Waals surface area (Å²) in [5, 5.41) is 6.96. The van der Waals surface area contributed by atoms with Crippen molar-refractivity contribution in [2.75, 3.05) is 6.54 Å². The minimum absolute atomic E-state index is 0.0411. The van der Waals surface area contributed by atoms with Gasteiger partial charge in [-0.25, -0.2) is 4.39 Å². The summed E-state index contributed by atoms with van der Waals surface area (Å²) < 4.78 is 13.9. The Morgan fingerprint density at radius 2 is 1.97 bits per heavy atom. The summed E-state index contributed by atoms with van der Waals surface area (Å²) in [5.74, 6) is -0.605. The maximum Gasteiger partial charge on any atom is 0.257 e. The average molecular weight is 459 g/mol. The molecule has 0 radical (unpaired) electrons. The van der Waals surface area contributed by atoms with Gasteiger partial charge in [-0.1, -0.05) is 41.9 Å². The zero-order valence-corrected chi connectivity index (χ0v) is 18.5. The second kappa shape index (κ2) is 9.88. The third-order valence-electron chi connectivity index (χ3n) is 5.79. The van der Waals surface area contributed by atoms with Gasteiger partial charge in [-0.15, -0.1) is 11.8 Å². The van der Waals surface area contributed by atoms with Crippen LogP contribution in [0.15, 0.2) is 53.4 Å². The number of carbonyl (C=O) groups is 2. The van der Waals surface area contributed by atoms with E-state index in [0.717, 1.165) is 24.8 Å². The van der Waals surface area contributed by atoms with Crippen LogP contribution < -0.4 is 10.6 Å². The number of thioether (sulfide) groups is 1. The van der Waals surface area contributed by atoms with Gasteiger partial charge in [0.05, 0.1) is 4.91 Å². The Morgan fingerprint density at radius 1 is 1.19 bits per heavy atom. The highest BCUT2D eigenvalue weighted by atomic mass is 35.5. The number of amides is 2. The van der Waals surface area contributed by atoms with Gasteiger partial charge in [0.25, 0.3) is 5.91 Å². The number of fused-ring (bicyclic) bond motifs is 1. The number of halogens is 2. The van der Waals surface area contributed by atoms with Gasteiger partial charge >= 0.3 is 0 Å². The van der Waals surface area contributed by atoms with Crippen LogP contribution in [-0.2, 0) is 16.0 Å². The van der Waals surface area contributed by atoms with E-state index in [4.69, 9.17) is 11.6 Å². The molecule has 0 bridgehead atoms. The maximum absolute atomic E-state index is 13.9. The quantitative estimate of drug-likeness (QED) is 0.645. The van der Waals surface area contributed by atoms with Gasteiger partial charge in [0.1, 0.15) is 5.82 Å². The molecule has 2 amide bonds. The summed E-state index contributed by atoms with van der Waals surface area (Å²) in [5.41, 5.74) is 1.53. The molecule has 1 saturated carbocycles. The standard InChI is InChI=1S/C24H24ClFN2O2S/c25-18-8-5-15(6-9-18)11-12-27-23(29)17-7-10-21-20(13-17)28-24(30)22(31-21)14-16-3-1-2-4-19(16)26/h1-6,8-9,14,17,20-21H,7,10-13H2,(H,27,29)(H,28,30)/b22-14+. The molecule has 0 aromatic heterocycles. The minimum atomic E-state index is -0.343. The molecule has 1 aliphatic carbocycles. The van der Waals surface area contributed by atoms with E-state index in [2.05, 4.69) is 10.6 Å². The number of benzene rings is 2. The lowest BCUT2D eigenvalue weighted by Gasteiger charge is -2.39. The van der Waals surface area contributed by atoms with Gasteiger partial charge in [-0.05, 0) is 55.5 Å². The first-order valence-corrected chi connectivity index (χ1v) is 11.7. The summed E-state index contributed by atoms with van der Waals surface area (Å²) in [6, 6.07) is 14.0. The lowest BCUT2D eigenvalue weighted by molar-refractivity contribution is -0.127. The van der Waals surface area contributed by atoms with Crippen molar-refractivity contribution < 1.29 is 14.0 Å². The van der Waals surface area contributed by atoms with Crippen molar-refractivity contribution >= 4 is 41.3 Å². The molecule has 2 fully saturated rings. The Morgan fingerprint density at radius 3 is 2.74 bits per heavy atom. The van der Waals surface area contributed by atoms with Crippen molar-refractivity contribution in [1.82, 2.24) is 10.6 Å². The molecule has 2 aliphatic rings. The highest BCUT2D eigenvalue weighted by Crippen LogP contribution is 2.40. The van der Waals surface area contributed by atoms with Crippen LogP contribution in [0.2, 0.25) is 5.02 Å². The minimum Gasteiger partial charge on any atom is -0.356 e. The third-order valence-corrected chi connectivity index (χ3v) is 7.47. The first-order valence-electron chi connectivity index (χ1n) is 10.5. The molecule has 2 aromatic carbocycles. The van der Waals surface area contributed by atoms with E-state index in [1.54, 1.807) is 24.3 Å². The zero-order valence-electron chi connectivity index (χ0n) is 16.9. The van der Waals surface area contributed by atoms with Crippen LogP contribution >= 0.6 is 23.4 Å². The average Bonchev–Trinajstić information content (AvgIpc) is 2.76. The van der Waals surface area contributed by atoms with Crippen LogP contribution in [0.5, 0.6) is 0 Å². The number of hydrogen-bond donors (Lipinski definition) is 2. The summed E-state index contributed by atoms with van der Waals surface area (Å²) in [6.07, 6.45) is 4.60. The van der Waals surface area contributed by atoms with Crippen LogP contribution in [0.1, 0.15) is 30.4 Å². The molecule has 1 saturated heterocycles. The van der Waals surface area contributed by atoms with E-state index in [9.17, 15) is 14.0 Å². The fourth-order valence-corrected chi connectivity index (χ4v) is 5.50. The topological polar surface area (TPSA) is 58.2 Å². The van der Waals surface area contributed by atoms with E-state index >= 15 is 0 Å². The molecule has 0 spiro atoms. The lowest BCUT2D eigenvalue weighted by Crippen LogP contribution is -2.51. The zero-order chi connectivity index (χ0) is 21.8. The first kappa shape index (κ1) is 21.9. The molecule has 4 nitrogen and oxygen atoms in total. The molecule has 1 aliphatic heterocycles. The molecular weight excluding hydrogens is 435 g/mol. The second-order valence-electron chi connectivity index (χ2n) is 7.94. The van der Waals surface area contributed by atoms with Crippen molar-refractivity contribution in [1.29, 1.82) is 0 Å². The van der Waals surface area contributed by atoms with Crippen LogP contribution in [0.25, 0.3) is 6.08 Å². The van der Waals surface area contributed by atoms with Crippen LogP contribution in [0, 0.1) is 11.7 Å². The van der Waals surface area contributed by atoms with Crippen molar-refractivity contribution in [3.8, 4) is 0 Å². The lowest BCUT2D eigenvalue weighted by atomic mass is 9.84. The molecular formula is C24H24ClFN2O2S. The molecule has 3 atom stereocenters. The first-order chi connectivity index (χ1) is 15.0. The summed E-state index contributed by atoms with van der Waals surface area (Å²) in [4.78, 5) is 25.7. The highest BCUT2D eigenvalue weighted by molar-refractivity contribution is 8.04. The van der Waals surface area contributed by atoms with Crippen LogP contribution in [-0.4, -0.2) is 29.7 Å². The van der Waals surface area contributed by atoms with Gasteiger partial charge in [0, 0.05) is 34.3 Å². The van der Waals surface area contributed by atoms with Gasteiger partial charge < -0.3 is 10.6 Å². The number of nitrogens with one attached hydrogen (secondary N) is 2. The van der Waals surface area contributed by atoms with Crippen molar-refractivity contribution in [2.45, 2.75) is 37.0 Å². The molecule has 2 aromatic rings. The predicted molar refractivity (Wildman–Crippen MR) is 123 cm³/mol. The monoisotopic (exact) mass is 458 g/mol. The Hall–Kier alpha value is -2.31. The molecule has 3 unspecified atom stereocenters. The van der Waals surface area contributed by atoms with Gasteiger partial charge in [-0.2, -0.15) is 0 Å².